The second kappa shape index (κ2) is 13.4. The van der Waals surface area contributed by atoms with Crippen molar-refractivity contribution in [3.8, 4) is 5.75 Å². The topological polar surface area (TPSA) is 65.9 Å². The van der Waals surface area contributed by atoms with Crippen LogP contribution in [-0.2, 0) is 0 Å². The second-order valence-electron chi connectivity index (χ2n) is 5.69. The van der Waals surface area contributed by atoms with Gasteiger partial charge in [0, 0.05) is 26.1 Å². The number of hydrogen-bond donors (Lipinski definition) is 3. The number of halogens is 1. The quantitative estimate of drug-likeness (QED) is 0.229. The summed E-state index contributed by atoms with van der Waals surface area (Å²) in [7, 11) is 1.74. The van der Waals surface area contributed by atoms with Crippen molar-refractivity contribution in [1.82, 2.24) is 10.6 Å². The number of benzene rings is 2. The molecular formula is C20H28IN3O2. The highest BCUT2D eigenvalue weighted by Gasteiger charge is 2.10. The van der Waals surface area contributed by atoms with Crippen LogP contribution < -0.4 is 15.4 Å². The normalized spacial score (nSPS) is 12.0. The van der Waals surface area contributed by atoms with Crippen LogP contribution in [0.1, 0.15) is 17.9 Å². The van der Waals surface area contributed by atoms with Crippen LogP contribution in [0.25, 0.3) is 0 Å². The Morgan fingerprint density at radius 3 is 2.31 bits per heavy atom. The molecule has 0 aromatic heterocycles. The van der Waals surface area contributed by atoms with Gasteiger partial charge in [-0.15, -0.1) is 24.0 Å². The zero-order valence-corrected chi connectivity index (χ0v) is 17.4. The lowest BCUT2D eigenvalue weighted by atomic mass is 10.0. The summed E-state index contributed by atoms with van der Waals surface area (Å²) in [5, 5.41) is 16.1. The van der Waals surface area contributed by atoms with Crippen molar-refractivity contribution in [2.75, 3.05) is 33.4 Å². The first-order valence-corrected chi connectivity index (χ1v) is 8.61. The van der Waals surface area contributed by atoms with E-state index < -0.39 is 0 Å². The van der Waals surface area contributed by atoms with Crippen LogP contribution in [0.5, 0.6) is 5.75 Å². The molecule has 0 bridgehead atoms. The monoisotopic (exact) mass is 469 g/mol. The highest BCUT2D eigenvalue weighted by atomic mass is 127. The minimum Gasteiger partial charge on any atom is -0.494 e. The molecule has 0 amide bonds. The molecule has 2 rings (SSSR count). The maximum Gasteiger partial charge on any atom is 0.191 e. The molecule has 5 nitrogen and oxygen atoms in total. The van der Waals surface area contributed by atoms with E-state index in [1.54, 1.807) is 7.05 Å². The molecule has 142 valence electrons. The average Bonchev–Trinajstić information content (AvgIpc) is 2.68. The number of hydrogen-bond acceptors (Lipinski definition) is 3. The molecule has 0 heterocycles. The molecule has 1 atom stereocenters. The smallest absolute Gasteiger partial charge is 0.191 e. The summed E-state index contributed by atoms with van der Waals surface area (Å²) in [6, 6.07) is 19.8. The fourth-order valence-electron chi connectivity index (χ4n) is 2.44. The molecule has 0 radical (unpaired) electrons. The summed E-state index contributed by atoms with van der Waals surface area (Å²) in [4.78, 5) is 4.22. The van der Waals surface area contributed by atoms with Crippen molar-refractivity contribution in [3.63, 3.8) is 0 Å². The average molecular weight is 469 g/mol. The van der Waals surface area contributed by atoms with Crippen molar-refractivity contribution < 1.29 is 9.84 Å². The molecule has 0 fully saturated rings. The van der Waals surface area contributed by atoms with E-state index in [1.807, 2.05) is 60.7 Å². The Labute approximate surface area is 172 Å². The molecule has 2 aromatic rings. The van der Waals surface area contributed by atoms with Crippen LogP contribution in [0.15, 0.2) is 65.7 Å². The van der Waals surface area contributed by atoms with Gasteiger partial charge in [-0.1, -0.05) is 48.5 Å². The van der Waals surface area contributed by atoms with Crippen molar-refractivity contribution in [3.05, 3.63) is 66.2 Å². The van der Waals surface area contributed by atoms with Gasteiger partial charge in [0.1, 0.15) is 5.75 Å². The number of aliphatic hydroxyl groups is 1. The Balaban J connectivity index is 0.00000338. The Morgan fingerprint density at radius 1 is 1.04 bits per heavy atom. The number of para-hydroxylation sites is 1. The molecule has 0 spiro atoms. The Bertz CT molecular complexity index is 623. The predicted octanol–water partition coefficient (Wildman–Crippen LogP) is 3.01. The van der Waals surface area contributed by atoms with Crippen molar-refractivity contribution >= 4 is 29.9 Å². The fraction of sp³-hybridized carbons (Fsp3) is 0.350. The number of aliphatic imine (C=N–C) groups is 1. The first-order chi connectivity index (χ1) is 12.3. The first-order valence-electron chi connectivity index (χ1n) is 8.61. The largest absolute Gasteiger partial charge is 0.494 e. The summed E-state index contributed by atoms with van der Waals surface area (Å²) in [6.07, 6.45) is 0.873. The van der Waals surface area contributed by atoms with E-state index in [-0.39, 0.29) is 36.5 Å². The summed E-state index contributed by atoms with van der Waals surface area (Å²) >= 11 is 0. The van der Waals surface area contributed by atoms with Crippen molar-refractivity contribution in [2.24, 2.45) is 4.99 Å². The van der Waals surface area contributed by atoms with Crippen LogP contribution in [-0.4, -0.2) is 44.4 Å². The van der Waals surface area contributed by atoms with Crippen molar-refractivity contribution in [2.45, 2.75) is 12.3 Å². The van der Waals surface area contributed by atoms with Crippen LogP contribution in [0, 0.1) is 0 Å². The SMILES string of the molecule is CN=C(NCCCOc1ccccc1)NCC(CO)c1ccccc1.I. The van der Waals surface area contributed by atoms with E-state index in [4.69, 9.17) is 4.74 Å². The summed E-state index contributed by atoms with van der Waals surface area (Å²) in [5.41, 5.74) is 1.12. The molecule has 0 aliphatic rings. The van der Waals surface area contributed by atoms with E-state index >= 15 is 0 Å². The molecule has 0 aliphatic carbocycles. The highest BCUT2D eigenvalue weighted by molar-refractivity contribution is 14.0. The number of ether oxygens (including phenoxy) is 1. The number of aliphatic hydroxyl groups excluding tert-OH is 1. The molecular weight excluding hydrogens is 441 g/mol. The molecule has 3 N–H and O–H groups in total. The number of nitrogens with one attached hydrogen (secondary N) is 2. The molecule has 0 saturated heterocycles. The summed E-state index contributed by atoms with van der Waals surface area (Å²) in [6.45, 7) is 2.14. The Kier molecular flexibility index (Phi) is 11.5. The van der Waals surface area contributed by atoms with E-state index in [9.17, 15) is 5.11 Å². The molecule has 1 unspecified atom stereocenters. The third kappa shape index (κ3) is 8.05. The van der Waals surface area contributed by atoms with Crippen LogP contribution >= 0.6 is 24.0 Å². The van der Waals surface area contributed by atoms with Crippen LogP contribution in [0.3, 0.4) is 0 Å². The van der Waals surface area contributed by atoms with E-state index in [1.165, 1.54) is 0 Å². The van der Waals surface area contributed by atoms with Gasteiger partial charge in [-0.3, -0.25) is 4.99 Å². The lowest BCUT2D eigenvalue weighted by Crippen LogP contribution is -2.40. The Morgan fingerprint density at radius 2 is 1.69 bits per heavy atom. The minimum atomic E-state index is 0. The van der Waals surface area contributed by atoms with Gasteiger partial charge in [0.2, 0.25) is 0 Å². The maximum atomic E-state index is 9.60. The third-order valence-corrected chi connectivity index (χ3v) is 3.86. The van der Waals surface area contributed by atoms with Gasteiger partial charge in [0.15, 0.2) is 5.96 Å². The molecule has 6 heteroatoms. The fourth-order valence-corrected chi connectivity index (χ4v) is 2.44. The predicted molar refractivity (Wildman–Crippen MR) is 118 cm³/mol. The van der Waals surface area contributed by atoms with E-state index in [2.05, 4.69) is 15.6 Å². The Hall–Kier alpha value is -1.80. The molecule has 2 aromatic carbocycles. The van der Waals surface area contributed by atoms with Crippen LogP contribution in [0.4, 0.5) is 0 Å². The highest BCUT2D eigenvalue weighted by Crippen LogP contribution is 2.13. The summed E-state index contributed by atoms with van der Waals surface area (Å²) < 4.78 is 5.66. The second-order valence-corrected chi connectivity index (χ2v) is 5.69. The molecule has 0 aliphatic heterocycles. The molecule has 26 heavy (non-hydrogen) atoms. The van der Waals surface area contributed by atoms with Gasteiger partial charge < -0.3 is 20.5 Å². The zero-order valence-electron chi connectivity index (χ0n) is 15.1. The van der Waals surface area contributed by atoms with Crippen LogP contribution in [0.2, 0.25) is 0 Å². The van der Waals surface area contributed by atoms with E-state index in [0.29, 0.717) is 13.2 Å². The lowest BCUT2D eigenvalue weighted by Gasteiger charge is -2.18. The van der Waals surface area contributed by atoms with Gasteiger partial charge in [-0.05, 0) is 24.1 Å². The minimum absolute atomic E-state index is 0. The standard InChI is InChI=1S/C20H27N3O2.HI/c1-21-20(22-13-8-14-25-19-11-6-3-7-12-19)23-15-18(16-24)17-9-4-2-5-10-17;/h2-7,9-12,18,24H,8,13-16H2,1H3,(H2,21,22,23);1H. The number of nitrogens with zero attached hydrogens (tertiary/aromatic N) is 1. The molecule has 0 saturated carbocycles. The number of rotatable bonds is 9. The van der Waals surface area contributed by atoms with Crippen molar-refractivity contribution in [1.29, 1.82) is 0 Å². The first kappa shape index (κ1) is 22.2. The number of guanidine groups is 1. The van der Waals surface area contributed by atoms with Gasteiger partial charge in [0.05, 0.1) is 13.2 Å². The van der Waals surface area contributed by atoms with Gasteiger partial charge >= 0.3 is 0 Å². The lowest BCUT2D eigenvalue weighted by molar-refractivity contribution is 0.265. The van der Waals surface area contributed by atoms with Gasteiger partial charge in [0.25, 0.3) is 0 Å². The zero-order chi connectivity index (χ0) is 17.7. The van der Waals surface area contributed by atoms with Gasteiger partial charge in [-0.25, -0.2) is 0 Å². The summed E-state index contributed by atoms with van der Waals surface area (Å²) in [5.74, 6) is 1.66. The third-order valence-electron chi connectivity index (χ3n) is 3.86. The maximum absolute atomic E-state index is 9.60. The van der Waals surface area contributed by atoms with Gasteiger partial charge in [-0.2, -0.15) is 0 Å². The van der Waals surface area contributed by atoms with E-state index in [0.717, 1.165) is 30.2 Å².